The largest absolute Gasteiger partial charge is 0.310 e. The first-order valence-corrected chi connectivity index (χ1v) is 7.57. The van der Waals surface area contributed by atoms with E-state index in [-0.39, 0.29) is 0 Å². The third-order valence-electron chi connectivity index (χ3n) is 3.72. The Kier molecular flexibility index (Phi) is 7.45. The van der Waals surface area contributed by atoms with Crippen molar-refractivity contribution in [1.29, 1.82) is 0 Å². The number of likely N-dealkylation sites (tertiary alicyclic amines) is 1. The topological polar surface area (TPSA) is 18.5 Å². The second-order valence-corrected chi connectivity index (χ2v) is 6.51. The monoisotopic (exact) mass is 265 g/mol. The molecule has 1 aliphatic heterocycles. The van der Waals surface area contributed by atoms with E-state index >= 15 is 0 Å². The molecule has 1 atom stereocenters. The number of piperidine rings is 1. The molecule has 1 heterocycles. The summed E-state index contributed by atoms with van der Waals surface area (Å²) in [6, 6.07) is 1.27. The Morgan fingerprint density at radius 3 is 2.42 bits per heavy atom. The second kappa shape index (κ2) is 8.58. The zero-order valence-corrected chi connectivity index (χ0v) is 13.2. The molecule has 3 heteroatoms. The molecule has 1 saturated heterocycles. The lowest BCUT2D eigenvalue weighted by Gasteiger charge is -2.35. The highest BCUT2D eigenvalue weighted by Gasteiger charge is 2.22. The Hall–Kier alpha value is -0.560. The van der Waals surface area contributed by atoms with Crippen LogP contribution in [0, 0.1) is 18.3 Å². The minimum Gasteiger partial charge on any atom is -0.310 e. The van der Waals surface area contributed by atoms with E-state index in [9.17, 15) is 0 Å². The van der Waals surface area contributed by atoms with Crippen molar-refractivity contribution in [2.75, 3.05) is 40.3 Å². The van der Waals surface area contributed by atoms with Gasteiger partial charge in [0.25, 0.3) is 0 Å². The summed E-state index contributed by atoms with van der Waals surface area (Å²) in [5, 5.41) is 3.86. The second-order valence-electron chi connectivity index (χ2n) is 6.51. The maximum Gasteiger partial charge on any atom is 0.0598 e. The van der Waals surface area contributed by atoms with E-state index in [1.54, 1.807) is 0 Å². The normalized spacial score (nSPS) is 19.8. The van der Waals surface area contributed by atoms with Gasteiger partial charge in [-0.1, -0.05) is 19.8 Å². The van der Waals surface area contributed by atoms with E-state index in [2.05, 4.69) is 49.0 Å². The lowest BCUT2D eigenvalue weighted by atomic mass is 9.99. The van der Waals surface area contributed by atoms with E-state index in [0.29, 0.717) is 12.1 Å². The lowest BCUT2D eigenvalue weighted by molar-refractivity contribution is 0.194. The van der Waals surface area contributed by atoms with E-state index in [0.717, 1.165) is 32.1 Å². The summed E-state index contributed by atoms with van der Waals surface area (Å²) < 4.78 is 0. The molecule has 1 unspecified atom stereocenters. The van der Waals surface area contributed by atoms with Crippen molar-refractivity contribution < 1.29 is 0 Å². The highest BCUT2D eigenvalue weighted by Crippen LogP contribution is 2.13. The predicted molar refractivity (Wildman–Crippen MR) is 83.2 cm³/mol. The smallest absolute Gasteiger partial charge is 0.0598 e. The molecule has 0 bridgehead atoms. The fourth-order valence-corrected chi connectivity index (χ4v) is 2.93. The van der Waals surface area contributed by atoms with Gasteiger partial charge in [-0.25, -0.2) is 0 Å². The quantitative estimate of drug-likeness (QED) is 0.706. The molecule has 0 radical (unpaired) electrons. The van der Waals surface area contributed by atoms with Gasteiger partial charge >= 0.3 is 0 Å². The Morgan fingerprint density at radius 2 is 1.95 bits per heavy atom. The van der Waals surface area contributed by atoms with Crippen molar-refractivity contribution in [3.8, 4) is 12.3 Å². The first-order valence-electron chi connectivity index (χ1n) is 7.57. The third kappa shape index (κ3) is 6.96. The van der Waals surface area contributed by atoms with Gasteiger partial charge in [-0.3, -0.25) is 4.90 Å². The zero-order valence-electron chi connectivity index (χ0n) is 13.2. The SMILES string of the molecule is C#CCN1CCC(NC(CC(C)C)CN(C)C)CC1. The standard InChI is InChI=1S/C16H31N3/c1-6-9-19-10-7-15(8-11-19)17-16(12-14(2)3)13-18(4)5/h1,14-17H,7-13H2,2-5H3. The Labute approximate surface area is 119 Å². The van der Waals surface area contributed by atoms with Crippen molar-refractivity contribution >= 4 is 0 Å². The summed E-state index contributed by atoms with van der Waals surface area (Å²) in [6.07, 6.45) is 9.08. The Morgan fingerprint density at radius 1 is 1.32 bits per heavy atom. The summed E-state index contributed by atoms with van der Waals surface area (Å²) >= 11 is 0. The third-order valence-corrected chi connectivity index (χ3v) is 3.72. The van der Waals surface area contributed by atoms with Gasteiger partial charge in [0.15, 0.2) is 0 Å². The molecule has 3 nitrogen and oxygen atoms in total. The average molecular weight is 265 g/mol. The minimum absolute atomic E-state index is 0.610. The molecule has 1 rings (SSSR count). The molecule has 0 amide bonds. The zero-order chi connectivity index (χ0) is 14.3. The summed E-state index contributed by atoms with van der Waals surface area (Å²) in [6.45, 7) is 8.82. The maximum absolute atomic E-state index is 5.37. The minimum atomic E-state index is 0.610. The van der Waals surface area contributed by atoms with Crippen molar-refractivity contribution in [3.05, 3.63) is 0 Å². The Balaban J connectivity index is 2.36. The van der Waals surface area contributed by atoms with Crippen LogP contribution in [0.25, 0.3) is 0 Å². The van der Waals surface area contributed by atoms with Crippen LogP contribution in [0.3, 0.4) is 0 Å². The van der Waals surface area contributed by atoms with Gasteiger partial charge in [0, 0.05) is 31.7 Å². The lowest BCUT2D eigenvalue weighted by Crippen LogP contribution is -2.49. The molecular formula is C16H31N3. The van der Waals surface area contributed by atoms with Crippen LogP contribution in [-0.2, 0) is 0 Å². The van der Waals surface area contributed by atoms with Gasteiger partial charge in [-0.15, -0.1) is 6.42 Å². The van der Waals surface area contributed by atoms with Crippen LogP contribution < -0.4 is 5.32 Å². The fraction of sp³-hybridized carbons (Fsp3) is 0.875. The van der Waals surface area contributed by atoms with E-state index in [1.807, 2.05) is 0 Å². The van der Waals surface area contributed by atoms with Crippen LogP contribution >= 0.6 is 0 Å². The molecule has 0 aromatic rings. The number of nitrogens with one attached hydrogen (secondary N) is 1. The molecule has 0 aliphatic carbocycles. The van der Waals surface area contributed by atoms with Crippen LogP contribution in [0.2, 0.25) is 0 Å². The summed E-state index contributed by atoms with van der Waals surface area (Å²) in [5.41, 5.74) is 0. The molecule has 0 saturated carbocycles. The van der Waals surface area contributed by atoms with Crippen LogP contribution in [0.1, 0.15) is 33.1 Å². The number of terminal acetylenes is 1. The average Bonchev–Trinajstić information content (AvgIpc) is 2.30. The summed E-state index contributed by atoms with van der Waals surface area (Å²) in [7, 11) is 4.31. The number of hydrogen-bond acceptors (Lipinski definition) is 3. The molecule has 0 aromatic heterocycles. The molecular weight excluding hydrogens is 234 g/mol. The molecule has 1 fully saturated rings. The van der Waals surface area contributed by atoms with Gasteiger partial charge in [-0.05, 0) is 39.3 Å². The first-order chi connectivity index (χ1) is 9.01. The van der Waals surface area contributed by atoms with Crippen molar-refractivity contribution in [1.82, 2.24) is 15.1 Å². The molecule has 19 heavy (non-hydrogen) atoms. The molecule has 0 aromatic carbocycles. The number of likely N-dealkylation sites (N-methyl/N-ethyl adjacent to an activating group) is 1. The van der Waals surface area contributed by atoms with Gasteiger partial charge < -0.3 is 10.2 Å². The summed E-state index contributed by atoms with van der Waals surface area (Å²) in [5.74, 6) is 3.49. The maximum atomic E-state index is 5.37. The van der Waals surface area contributed by atoms with E-state index in [1.165, 1.54) is 19.3 Å². The Bertz CT molecular complexity index is 262. The van der Waals surface area contributed by atoms with Gasteiger partial charge in [0.2, 0.25) is 0 Å². The van der Waals surface area contributed by atoms with Crippen LogP contribution in [-0.4, -0.2) is 62.2 Å². The van der Waals surface area contributed by atoms with E-state index < -0.39 is 0 Å². The predicted octanol–water partition coefficient (Wildman–Crippen LogP) is 1.65. The highest BCUT2D eigenvalue weighted by molar-refractivity contribution is 4.91. The van der Waals surface area contributed by atoms with Gasteiger partial charge in [-0.2, -0.15) is 0 Å². The van der Waals surface area contributed by atoms with E-state index in [4.69, 9.17) is 6.42 Å². The fourth-order valence-electron chi connectivity index (χ4n) is 2.93. The molecule has 110 valence electrons. The number of rotatable bonds is 7. The summed E-state index contributed by atoms with van der Waals surface area (Å²) in [4.78, 5) is 4.66. The first kappa shape index (κ1) is 16.5. The van der Waals surface area contributed by atoms with Crippen LogP contribution in [0.5, 0.6) is 0 Å². The highest BCUT2D eigenvalue weighted by atomic mass is 15.2. The molecule has 1 aliphatic rings. The van der Waals surface area contributed by atoms with Gasteiger partial charge in [0.05, 0.1) is 6.54 Å². The van der Waals surface area contributed by atoms with Crippen molar-refractivity contribution in [2.24, 2.45) is 5.92 Å². The number of nitrogens with zero attached hydrogens (tertiary/aromatic N) is 2. The van der Waals surface area contributed by atoms with Gasteiger partial charge in [0.1, 0.15) is 0 Å². The number of hydrogen-bond donors (Lipinski definition) is 1. The van der Waals surface area contributed by atoms with Crippen LogP contribution in [0.4, 0.5) is 0 Å². The van der Waals surface area contributed by atoms with Crippen molar-refractivity contribution in [3.63, 3.8) is 0 Å². The van der Waals surface area contributed by atoms with Crippen LogP contribution in [0.15, 0.2) is 0 Å². The molecule has 1 N–H and O–H groups in total. The molecule has 0 spiro atoms. The van der Waals surface area contributed by atoms with Crippen molar-refractivity contribution in [2.45, 2.75) is 45.2 Å².